The van der Waals surface area contributed by atoms with Gasteiger partial charge in [0.25, 0.3) is 5.56 Å². The highest BCUT2D eigenvalue weighted by molar-refractivity contribution is 7.84. The molecule has 2 N–H and O–H groups in total. The Morgan fingerprint density at radius 3 is 3.07 bits per heavy atom. The molecule has 0 fully saturated rings. The van der Waals surface area contributed by atoms with Gasteiger partial charge in [0.2, 0.25) is 0 Å². The highest BCUT2D eigenvalue weighted by Gasteiger charge is 1.99. The number of aromatic nitrogens is 2. The highest BCUT2D eigenvalue weighted by atomic mass is 32.2. The van der Waals surface area contributed by atoms with Crippen molar-refractivity contribution in [2.45, 2.75) is 6.92 Å². The summed E-state index contributed by atoms with van der Waals surface area (Å²) in [6, 6.07) is 0. The van der Waals surface area contributed by atoms with Crippen molar-refractivity contribution < 1.29 is 4.21 Å². The summed E-state index contributed by atoms with van der Waals surface area (Å²) in [7, 11) is -0.810. The van der Waals surface area contributed by atoms with E-state index in [2.05, 4.69) is 15.3 Å². The van der Waals surface area contributed by atoms with Gasteiger partial charge in [-0.15, -0.1) is 0 Å². The molecule has 14 heavy (non-hydrogen) atoms. The fourth-order valence-corrected chi connectivity index (χ4v) is 1.52. The van der Waals surface area contributed by atoms with Gasteiger partial charge in [-0.3, -0.25) is 9.00 Å². The lowest BCUT2D eigenvalue weighted by molar-refractivity contribution is 0.684. The molecular formula is C8H13N3O2S. The van der Waals surface area contributed by atoms with Crippen molar-refractivity contribution in [1.82, 2.24) is 9.97 Å². The quantitative estimate of drug-likeness (QED) is 0.722. The maximum atomic E-state index is 11.1. The van der Waals surface area contributed by atoms with Crippen molar-refractivity contribution >= 4 is 16.6 Å². The third kappa shape index (κ3) is 3.29. The van der Waals surface area contributed by atoms with Crippen LogP contribution in [0.15, 0.2) is 17.2 Å². The minimum absolute atomic E-state index is 0.255. The minimum Gasteiger partial charge on any atom is -0.365 e. The fourth-order valence-electron chi connectivity index (χ4n) is 0.905. The zero-order valence-corrected chi connectivity index (χ0v) is 8.76. The summed E-state index contributed by atoms with van der Waals surface area (Å²) in [5, 5.41) is 2.83. The van der Waals surface area contributed by atoms with Crippen molar-refractivity contribution in [3.05, 3.63) is 22.7 Å². The van der Waals surface area contributed by atoms with Crippen LogP contribution >= 0.6 is 0 Å². The first-order valence-corrected chi connectivity index (χ1v) is 5.85. The average molecular weight is 215 g/mol. The molecule has 1 rings (SSSR count). The molecule has 5 nitrogen and oxygen atoms in total. The third-order valence-electron chi connectivity index (χ3n) is 1.65. The Balaban J connectivity index is 2.43. The second kappa shape index (κ2) is 5.54. The second-order valence-electron chi connectivity index (χ2n) is 2.63. The smallest absolute Gasteiger partial charge is 0.290 e. The van der Waals surface area contributed by atoms with Gasteiger partial charge < -0.3 is 10.3 Å². The SMILES string of the molecule is CCS(=O)CCNc1ncc[nH]c1=O. The van der Waals surface area contributed by atoms with E-state index in [9.17, 15) is 9.00 Å². The van der Waals surface area contributed by atoms with Gasteiger partial charge in [-0.05, 0) is 0 Å². The first-order valence-electron chi connectivity index (χ1n) is 4.36. The van der Waals surface area contributed by atoms with E-state index >= 15 is 0 Å². The monoisotopic (exact) mass is 215 g/mol. The molecule has 0 aliphatic heterocycles. The molecule has 1 aromatic rings. The van der Waals surface area contributed by atoms with Gasteiger partial charge in [0.1, 0.15) is 0 Å². The van der Waals surface area contributed by atoms with Gasteiger partial charge in [0, 0.05) is 41.2 Å². The Morgan fingerprint density at radius 2 is 2.43 bits per heavy atom. The topological polar surface area (TPSA) is 74.8 Å². The molecule has 6 heteroatoms. The molecule has 0 saturated carbocycles. The van der Waals surface area contributed by atoms with Crippen LogP contribution in [0.4, 0.5) is 5.82 Å². The Morgan fingerprint density at radius 1 is 1.64 bits per heavy atom. The molecule has 0 aromatic carbocycles. The molecule has 0 amide bonds. The molecule has 1 aromatic heterocycles. The number of aromatic amines is 1. The van der Waals surface area contributed by atoms with Crippen LogP contribution < -0.4 is 10.9 Å². The van der Waals surface area contributed by atoms with Crippen molar-refractivity contribution in [3.63, 3.8) is 0 Å². The van der Waals surface area contributed by atoms with Gasteiger partial charge >= 0.3 is 0 Å². The van der Waals surface area contributed by atoms with Crippen molar-refractivity contribution in [2.75, 3.05) is 23.4 Å². The number of H-pyrrole nitrogens is 1. The van der Waals surface area contributed by atoms with Gasteiger partial charge in [0.05, 0.1) is 0 Å². The van der Waals surface area contributed by atoms with Crippen LogP contribution in [0.1, 0.15) is 6.92 Å². The normalized spacial score (nSPS) is 12.4. The fraction of sp³-hybridized carbons (Fsp3) is 0.500. The number of anilines is 1. The standard InChI is InChI=1S/C8H13N3O2S/c1-2-14(13)6-5-10-7-8(12)11-4-3-9-7/h3-4H,2,5-6H2,1H3,(H,9,10)(H,11,12). The first-order chi connectivity index (χ1) is 6.74. The molecule has 1 heterocycles. The second-order valence-corrected chi connectivity index (χ2v) is 4.49. The summed E-state index contributed by atoms with van der Waals surface area (Å²) in [6.07, 6.45) is 2.97. The number of nitrogens with one attached hydrogen (secondary N) is 2. The van der Waals surface area contributed by atoms with Crippen LogP contribution in [0.5, 0.6) is 0 Å². The van der Waals surface area contributed by atoms with Gasteiger partial charge in [-0.25, -0.2) is 4.98 Å². The molecule has 0 bridgehead atoms. The van der Waals surface area contributed by atoms with Crippen LogP contribution in [0.3, 0.4) is 0 Å². The predicted octanol–water partition coefficient (Wildman–Crippen LogP) is -0.0496. The molecule has 0 aliphatic carbocycles. The van der Waals surface area contributed by atoms with E-state index in [-0.39, 0.29) is 11.4 Å². The van der Waals surface area contributed by atoms with E-state index in [1.807, 2.05) is 6.92 Å². The third-order valence-corrected chi connectivity index (χ3v) is 2.96. The summed E-state index contributed by atoms with van der Waals surface area (Å²) >= 11 is 0. The Bertz CT molecular complexity index is 364. The summed E-state index contributed by atoms with van der Waals surface area (Å²) < 4.78 is 11.1. The zero-order chi connectivity index (χ0) is 10.4. The Labute approximate surface area is 84.4 Å². The number of hydrogen-bond donors (Lipinski definition) is 2. The molecule has 1 unspecified atom stereocenters. The van der Waals surface area contributed by atoms with Crippen LogP contribution in [0, 0.1) is 0 Å². The summed E-state index contributed by atoms with van der Waals surface area (Å²) in [5.74, 6) is 1.45. The van der Waals surface area contributed by atoms with E-state index in [1.54, 1.807) is 0 Å². The minimum atomic E-state index is -0.810. The molecule has 78 valence electrons. The highest BCUT2D eigenvalue weighted by Crippen LogP contribution is 1.89. The first kappa shape index (κ1) is 10.9. The Kier molecular flexibility index (Phi) is 4.31. The molecular weight excluding hydrogens is 202 g/mol. The van der Waals surface area contributed by atoms with Crippen molar-refractivity contribution in [1.29, 1.82) is 0 Å². The van der Waals surface area contributed by atoms with E-state index in [0.29, 0.717) is 18.1 Å². The zero-order valence-electron chi connectivity index (χ0n) is 7.95. The van der Waals surface area contributed by atoms with E-state index in [0.717, 1.165) is 0 Å². The predicted molar refractivity (Wildman–Crippen MR) is 56.9 cm³/mol. The lowest BCUT2D eigenvalue weighted by atomic mass is 10.6. The number of nitrogens with zero attached hydrogens (tertiary/aromatic N) is 1. The van der Waals surface area contributed by atoms with Gasteiger partial charge in [-0.2, -0.15) is 0 Å². The lowest BCUT2D eigenvalue weighted by Gasteiger charge is -2.02. The summed E-state index contributed by atoms with van der Waals surface area (Å²) in [6.45, 7) is 2.37. The molecule has 0 saturated heterocycles. The molecule has 0 aliphatic rings. The summed E-state index contributed by atoms with van der Waals surface area (Å²) in [4.78, 5) is 17.5. The van der Waals surface area contributed by atoms with Crippen molar-refractivity contribution in [2.24, 2.45) is 0 Å². The van der Waals surface area contributed by atoms with E-state index in [1.165, 1.54) is 12.4 Å². The van der Waals surface area contributed by atoms with Crippen LogP contribution in [-0.4, -0.2) is 32.2 Å². The van der Waals surface area contributed by atoms with E-state index in [4.69, 9.17) is 0 Å². The molecule has 0 radical (unpaired) electrons. The number of rotatable bonds is 5. The average Bonchev–Trinajstić information content (AvgIpc) is 2.20. The van der Waals surface area contributed by atoms with Crippen LogP contribution in [0.25, 0.3) is 0 Å². The van der Waals surface area contributed by atoms with Crippen LogP contribution in [-0.2, 0) is 10.8 Å². The van der Waals surface area contributed by atoms with Gasteiger partial charge in [0.15, 0.2) is 5.82 Å². The largest absolute Gasteiger partial charge is 0.365 e. The van der Waals surface area contributed by atoms with Gasteiger partial charge in [-0.1, -0.05) is 6.92 Å². The molecule has 1 atom stereocenters. The summed E-state index contributed by atoms with van der Waals surface area (Å²) in [5.41, 5.74) is -0.255. The number of hydrogen-bond acceptors (Lipinski definition) is 4. The van der Waals surface area contributed by atoms with Crippen LogP contribution in [0.2, 0.25) is 0 Å². The lowest BCUT2D eigenvalue weighted by Crippen LogP contribution is -2.19. The molecule has 0 spiro atoms. The Hall–Kier alpha value is -1.17. The maximum absolute atomic E-state index is 11.1. The maximum Gasteiger partial charge on any atom is 0.290 e. The van der Waals surface area contributed by atoms with Crippen molar-refractivity contribution in [3.8, 4) is 0 Å². The van der Waals surface area contributed by atoms with E-state index < -0.39 is 10.8 Å².